The Balaban J connectivity index is 2.64. The summed E-state index contributed by atoms with van der Waals surface area (Å²) in [4.78, 5) is 15.7. The van der Waals surface area contributed by atoms with Gasteiger partial charge in [0.2, 0.25) is 11.8 Å². The summed E-state index contributed by atoms with van der Waals surface area (Å²) in [5, 5.41) is 2.78. The molecule has 5 heteroatoms. The first-order valence-corrected chi connectivity index (χ1v) is 6.18. The van der Waals surface area contributed by atoms with Crippen molar-refractivity contribution in [2.24, 2.45) is 5.73 Å². The number of nitrogens with two attached hydrogens (primary N) is 1. The van der Waals surface area contributed by atoms with E-state index in [0.29, 0.717) is 18.8 Å². The third kappa shape index (κ3) is 4.33. The van der Waals surface area contributed by atoms with Crippen molar-refractivity contribution in [1.29, 1.82) is 0 Å². The second-order valence-corrected chi connectivity index (χ2v) is 4.37. The minimum absolute atomic E-state index is 0.0484. The fourth-order valence-corrected chi connectivity index (χ4v) is 1.39. The molecule has 1 aromatic rings. The molecule has 5 nitrogen and oxygen atoms in total. The van der Waals surface area contributed by atoms with Crippen LogP contribution < -0.4 is 15.8 Å². The van der Waals surface area contributed by atoms with Gasteiger partial charge in [-0.1, -0.05) is 13.0 Å². The van der Waals surface area contributed by atoms with Crippen LogP contribution in [-0.2, 0) is 11.3 Å². The molecule has 0 aromatic carbocycles. The first kappa shape index (κ1) is 14.4. The summed E-state index contributed by atoms with van der Waals surface area (Å²) in [6.45, 7) is 6.12. The van der Waals surface area contributed by atoms with Crippen LogP contribution in [0.2, 0.25) is 0 Å². The molecule has 0 spiro atoms. The topological polar surface area (TPSA) is 77.2 Å². The van der Waals surface area contributed by atoms with Crippen molar-refractivity contribution in [1.82, 2.24) is 10.3 Å². The highest BCUT2D eigenvalue weighted by Crippen LogP contribution is 2.15. The molecule has 18 heavy (non-hydrogen) atoms. The Morgan fingerprint density at radius 3 is 2.89 bits per heavy atom. The molecule has 1 rings (SSSR count). The van der Waals surface area contributed by atoms with Crippen molar-refractivity contribution in [2.75, 3.05) is 0 Å². The molecule has 0 aliphatic heterocycles. The zero-order valence-corrected chi connectivity index (χ0v) is 11.1. The maximum absolute atomic E-state index is 11.6. The predicted molar refractivity (Wildman–Crippen MR) is 70.1 cm³/mol. The molecular formula is C13H21N3O2. The summed E-state index contributed by atoms with van der Waals surface area (Å²) in [6, 6.07) is 3.23. The van der Waals surface area contributed by atoms with Gasteiger partial charge in [0.25, 0.3) is 0 Å². The van der Waals surface area contributed by atoms with Gasteiger partial charge in [-0.05, 0) is 26.3 Å². The van der Waals surface area contributed by atoms with Crippen molar-refractivity contribution < 1.29 is 9.53 Å². The summed E-state index contributed by atoms with van der Waals surface area (Å²) < 4.78 is 5.57. The fraction of sp³-hybridized carbons (Fsp3) is 0.538. The Hall–Kier alpha value is -1.62. The highest BCUT2D eigenvalue weighted by atomic mass is 16.5. The molecular weight excluding hydrogens is 230 g/mol. The lowest BCUT2D eigenvalue weighted by atomic mass is 10.2. The molecule has 1 heterocycles. The maximum Gasteiger partial charge on any atom is 0.237 e. The van der Waals surface area contributed by atoms with Crippen LogP contribution in [0.4, 0.5) is 0 Å². The molecule has 1 atom stereocenters. The van der Waals surface area contributed by atoms with E-state index in [4.69, 9.17) is 10.5 Å². The zero-order valence-electron chi connectivity index (χ0n) is 11.1. The number of carbonyl (C=O) groups excluding carboxylic acids is 1. The SMILES string of the molecule is CCC(N)C(=O)NCc1cccnc1OC(C)C. The van der Waals surface area contributed by atoms with Gasteiger partial charge in [-0.3, -0.25) is 4.79 Å². The largest absolute Gasteiger partial charge is 0.475 e. The Labute approximate surface area is 108 Å². The van der Waals surface area contributed by atoms with Crippen LogP contribution in [0.1, 0.15) is 32.8 Å². The summed E-state index contributed by atoms with van der Waals surface area (Å²) in [5.41, 5.74) is 6.49. The number of amides is 1. The smallest absolute Gasteiger partial charge is 0.237 e. The van der Waals surface area contributed by atoms with Crippen molar-refractivity contribution in [3.8, 4) is 5.88 Å². The Kier molecular flexibility index (Phi) is 5.58. The number of pyridine rings is 1. The Morgan fingerprint density at radius 2 is 2.28 bits per heavy atom. The van der Waals surface area contributed by atoms with Crippen LogP contribution in [0.5, 0.6) is 5.88 Å². The second-order valence-electron chi connectivity index (χ2n) is 4.37. The van der Waals surface area contributed by atoms with E-state index in [2.05, 4.69) is 10.3 Å². The molecule has 0 aliphatic carbocycles. The van der Waals surface area contributed by atoms with E-state index >= 15 is 0 Å². The molecule has 0 bridgehead atoms. The monoisotopic (exact) mass is 251 g/mol. The normalized spacial score (nSPS) is 12.3. The number of hydrogen-bond donors (Lipinski definition) is 2. The average Bonchev–Trinajstić information content (AvgIpc) is 2.35. The molecule has 0 fully saturated rings. The summed E-state index contributed by atoms with van der Waals surface area (Å²) in [7, 11) is 0. The van der Waals surface area contributed by atoms with E-state index in [1.807, 2.05) is 32.9 Å². The Morgan fingerprint density at radius 1 is 1.56 bits per heavy atom. The molecule has 0 radical (unpaired) electrons. The van der Waals surface area contributed by atoms with Crippen LogP contribution in [0.15, 0.2) is 18.3 Å². The van der Waals surface area contributed by atoms with Crippen molar-refractivity contribution in [3.63, 3.8) is 0 Å². The van der Waals surface area contributed by atoms with Crippen LogP contribution in [0.3, 0.4) is 0 Å². The van der Waals surface area contributed by atoms with Crippen LogP contribution >= 0.6 is 0 Å². The third-order valence-electron chi connectivity index (χ3n) is 2.43. The number of nitrogens with zero attached hydrogens (tertiary/aromatic N) is 1. The van der Waals surface area contributed by atoms with Gasteiger partial charge in [0.05, 0.1) is 12.1 Å². The van der Waals surface area contributed by atoms with Crippen LogP contribution in [0.25, 0.3) is 0 Å². The third-order valence-corrected chi connectivity index (χ3v) is 2.43. The number of ether oxygens (including phenoxy) is 1. The predicted octanol–water partition coefficient (Wildman–Crippen LogP) is 1.22. The van der Waals surface area contributed by atoms with Gasteiger partial charge in [-0.2, -0.15) is 0 Å². The quantitative estimate of drug-likeness (QED) is 0.797. The molecule has 100 valence electrons. The van der Waals surface area contributed by atoms with Gasteiger partial charge in [0.1, 0.15) is 0 Å². The highest BCUT2D eigenvalue weighted by molar-refractivity contribution is 5.81. The number of hydrogen-bond acceptors (Lipinski definition) is 4. The lowest BCUT2D eigenvalue weighted by Gasteiger charge is -2.14. The first-order valence-electron chi connectivity index (χ1n) is 6.18. The number of carbonyl (C=O) groups is 1. The fourth-order valence-electron chi connectivity index (χ4n) is 1.39. The first-order chi connectivity index (χ1) is 8.54. The van der Waals surface area contributed by atoms with Crippen LogP contribution in [0, 0.1) is 0 Å². The Bertz CT molecular complexity index is 394. The lowest BCUT2D eigenvalue weighted by molar-refractivity contribution is -0.122. The van der Waals surface area contributed by atoms with Gasteiger partial charge in [-0.15, -0.1) is 0 Å². The highest BCUT2D eigenvalue weighted by Gasteiger charge is 2.12. The summed E-state index contributed by atoms with van der Waals surface area (Å²) in [6.07, 6.45) is 2.34. The molecule has 0 saturated carbocycles. The van der Waals surface area contributed by atoms with Gasteiger partial charge >= 0.3 is 0 Å². The maximum atomic E-state index is 11.6. The van der Waals surface area contributed by atoms with Gasteiger partial charge in [0, 0.05) is 18.3 Å². The van der Waals surface area contributed by atoms with Crippen molar-refractivity contribution in [3.05, 3.63) is 23.9 Å². The van der Waals surface area contributed by atoms with E-state index in [1.54, 1.807) is 6.20 Å². The molecule has 0 aliphatic rings. The van der Waals surface area contributed by atoms with E-state index in [0.717, 1.165) is 5.56 Å². The lowest BCUT2D eigenvalue weighted by Crippen LogP contribution is -2.39. The molecule has 1 amide bonds. The molecule has 1 aromatic heterocycles. The summed E-state index contributed by atoms with van der Waals surface area (Å²) >= 11 is 0. The average molecular weight is 251 g/mol. The van der Waals surface area contributed by atoms with Gasteiger partial charge < -0.3 is 15.8 Å². The van der Waals surface area contributed by atoms with Crippen molar-refractivity contribution in [2.45, 2.75) is 45.9 Å². The van der Waals surface area contributed by atoms with Gasteiger partial charge in [0.15, 0.2) is 0 Å². The minimum atomic E-state index is -0.462. The van der Waals surface area contributed by atoms with E-state index in [1.165, 1.54) is 0 Å². The zero-order chi connectivity index (χ0) is 13.5. The molecule has 0 saturated heterocycles. The second kappa shape index (κ2) is 6.96. The van der Waals surface area contributed by atoms with E-state index in [9.17, 15) is 4.79 Å². The van der Waals surface area contributed by atoms with E-state index < -0.39 is 6.04 Å². The van der Waals surface area contributed by atoms with E-state index in [-0.39, 0.29) is 12.0 Å². The van der Waals surface area contributed by atoms with Gasteiger partial charge in [-0.25, -0.2) is 4.98 Å². The standard InChI is InChI=1S/C13H21N3O2/c1-4-11(14)12(17)16-8-10-6-5-7-15-13(10)18-9(2)3/h5-7,9,11H,4,8,14H2,1-3H3,(H,16,17). The summed E-state index contributed by atoms with van der Waals surface area (Å²) in [5.74, 6) is 0.398. The van der Waals surface area contributed by atoms with Crippen LogP contribution in [-0.4, -0.2) is 23.0 Å². The number of aromatic nitrogens is 1. The molecule has 3 N–H and O–H groups in total. The minimum Gasteiger partial charge on any atom is -0.475 e. The number of rotatable bonds is 6. The molecule has 1 unspecified atom stereocenters. The van der Waals surface area contributed by atoms with Crippen molar-refractivity contribution >= 4 is 5.91 Å². The number of nitrogens with one attached hydrogen (secondary N) is 1.